The van der Waals surface area contributed by atoms with Gasteiger partial charge in [0.05, 0.1) is 11.6 Å². The fourth-order valence-corrected chi connectivity index (χ4v) is 16.4. The highest BCUT2D eigenvalue weighted by molar-refractivity contribution is 6.02. The van der Waals surface area contributed by atoms with Crippen molar-refractivity contribution in [1.82, 2.24) is 0 Å². The van der Waals surface area contributed by atoms with Gasteiger partial charge in [0.2, 0.25) is 0 Å². The molecule has 2 bridgehead atoms. The van der Waals surface area contributed by atoms with Crippen molar-refractivity contribution in [2.75, 3.05) is 0 Å². The molecular formula is C50H57N3O8. The lowest BCUT2D eigenvalue weighted by Gasteiger charge is -2.69. The first-order valence-electron chi connectivity index (χ1n) is 21.7. The predicted molar refractivity (Wildman–Crippen MR) is 229 cm³/mol. The van der Waals surface area contributed by atoms with E-state index in [1.54, 1.807) is 6.08 Å². The van der Waals surface area contributed by atoms with Gasteiger partial charge in [-0.2, -0.15) is 0 Å². The van der Waals surface area contributed by atoms with Crippen LogP contribution < -0.4 is 11.5 Å². The van der Waals surface area contributed by atoms with Crippen molar-refractivity contribution in [2.24, 2.45) is 73.1 Å². The van der Waals surface area contributed by atoms with Gasteiger partial charge >= 0.3 is 5.97 Å². The van der Waals surface area contributed by atoms with Crippen molar-refractivity contribution < 1.29 is 39.9 Å². The van der Waals surface area contributed by atoms with Crippen LogP contribution in [-0.4, -0.2) is 71.9 Å². The van der Waals surface area contributed by atoms with Crippen LogP contribution in [0.5, 0.6) is 0 Å². The molecule has 11 nitrogen and oxygen atoms in total. The summed E-state index contributed by atoms with van der Waals surface area (Å²) in [5.41, 5.74) is 4.81. The Bertz CT molecular complexity index is 2560. The molecule has 0 heterocycles. The average molecular weight is 828 g/mol. The number of hydrogen-bond acceptors (Lipinski definition) is 8. The van der Waals surface area contributed by atoms with Gasteiger partial charge < -0.3 is 37.0 Å². The molecule has 0 aromatic heterocycles. The van der Waals surface area contributed by atoms with Gasteiger partial charge in [-0.15, -0.1) is 0 Å². The van der Waals surface area contributed by atoms with Gasteiger partial charge in [0.15, 0.2) is 17.3 Å². The Morgan fingerprint density at radius 2 is 1.69 bits per heavy atom. The van der Waals surface area contributed by atoms with Crippen LogP contribution in [0.4, 0.5) is 0 Å². The molecule has 0 unspecified atom stereocenters. The molecular weight excluding hydrogens is 771 g/mol. The van der Waals surface area contributed by atoms with Crippen LogP contribution in [0.3, 0.4) is 0 Å². The number of carboxylic acid groups (broad SMARTS) is 1. The van der Waals surface area contributed by atoms with Gasteiger partial charge in [0, 0.05) is 57.8 Å². The molecule has 10 rings (SSSR count). The number of guanidine groups is 1. The third-order valence-corrected chi connectivity index (χ3v) is 18.7. The Labute approximate surface area is 356 Å². The van der Waals surface area contributed by atoms with Gasteiger partial charge in [-0.1, -0.05) is 108 Å². The van der Waals surface area contributed by atoms with Crippen LogP contribution in [-0.2, 0) is 14.4 Å². The number of benzene rings is 1. The minimum absolute atomic E-state index is 0.0177. The number of fused-ring (bicyclic) bond motifs is 3. The number of allylic oxidation sites excluding steroid dienone is 4. The van der Waals surface area contributed by atoms with Crippen molar-refractivity contribution in [3.05, 3.63) is 111 Å². The number of nitrogens with zero attached hydrogens (tertiary/aromatic N) is 1. The Morgan fingerprint density at radius 3 is 2.34 bits per heavy atom. The molecule has 1 aromatic rings. The molecule has 9 N–H and O–H groups in total. The standard InChI is InChI=1S/C50H57N3O8/c1-24(41(57)58)40(56)49(60)29-16-14-27-21-28-22-48(59)30(15-13-26-11-9-8-10-12-26)37-43(3,4)33(55)18-19-44(37,5)36-32(54)23-45(6)46(7,39(36)48)50(28,61)38(34(27)29)47(45)20-17-31(53-42(51)52)35(49)25(47)2/h8-13,15-17,20,22,25,30-31,35,37-38,56,59-61H,14,18-19,21,23H2,1-7H3,(H,57,58)(H4,51,52,53)/b15-13+,40-24-/t25-,30+,31+,35+,37-,38-,44-,45+,46+,47+,48-,49+,50+/m1/s1. The quantitative estimate of drug-likeness (QED) is 0.0623. The highest BCUT2D eigenvalue weighted by Crippen LogP contribution is 2.88. The van der Waals surface area contributed by atoms with Gasteiger partial charge in [-0.25, -0.2) is 9.79 Å². The molecule has 9 aliphatic carbocycles. The lowest BCUT2D eigenvalue weighted by molar-refractivity contribution is -0.167. The number of carbonyl (C=O) groups excluding carboxylic acids is 2. The second kappa shape index (κ2) is 11.8. The number of Topliss-reactive ketones (excluding diaryl/α,β-unsaturated/α-hetero) is 2. The maximum Gasteiger partial charge on any atom is 0.334 e. The molecule has 11 heteroatoms. The summed E-state index contributed by atoms with van der Waals surface area (Å²) >= 11 is 0. The highest BCUT2D eigenvalue weighted by Gasteiger charge is 2.89. The smallest absolute Gasteiger partial charge is 0.334 e. The van der Waals surface area contributed by atoms with Crippen LogP contribution in [0, 0.1) is 56.7 Å². The first-order valence-corrected chi connectivity index (χ1v) is 21.7. The molecule has 0 aliphatic heterocycles. The first-order chi connectivity index (χ1) is 28.5. The van der Waals surface area contributed by atoms with E-state index >= 15 is 4.79 Å². The molecule has 3 saturated carbocycles. The van der Waals surface area contributed by atoms with Crippen LogP contribution in [0.25, 0.3) is 6.08 Å². The Kier molecular flexibility index (Phi) is 7.78. The third kappa shape index (κ3) is 4.13. The molecule has 9 aliphatic rings. The fourth-order valence-electron chi connectivity index (χ4n) is 16.4. The second-order valence-corrected chi connectivity index (χ2v) is 21.0. The minimum Gasteiger partial charge on any atom is -0.508 e. The van der Waals surface area contributed by atoms with Gasteiger partial charge in [-0.3, -0.25) is 9.59 Å². The number of hydrogen-bond donors (Lipinski definition) is 7. The van der Waals surface area contributed by atoms with E-state index < -0.39 is 96.8 Å². The van der Waals surface area contributed by atoms with E-state index in [1.165, 1.54) is 6.92 Å². The molecule has 1 aromatic carbocycles. The van der Waals surface area contributed by atoms with E-state index in [2.05, 4.69) is 11.9 Å². The summed E-state index contributed by atoms with van der Waals surface area (Å²) in [7, 11) is 0. The molecule has 61 heavy (non-hydrogen) atoms. The average Bonchev–Trinajstić information content (AvgIpc) is 3.65. The first kappa shape index (κ1) is 40.2. The Hall–Kier alpha value is -4.84. The summed E-state index contributed by atoms with van der Waals surface area (Å²) in [6.07, 6.45) is 12.8. The van der Waals surface area contributed by atoms with Crippen molar-refractivity contribution >= 4 is 29.6 Å². The number of carbonyl (C=O) groups is 3. The van der Waals surface area contributed by atoms with Crippen molar-refractivity contribution in [1.29, 1.82) is 0 Å². The summed E-state index contributed by atoms with van der Waals surface area (Å²) in [5, 5.41) is 64.6. The number of nitrogens with two attached hydrogens (primary N) is 2. The van der Waals surface area contributed by atoms with Gasteiger partial charge in [0.25, 0.3) is 0 Å². The van der Waals surface area contributed by atoms with Crippen molar-refractivity contribution in [3.63, 3.8) is 0 Å². The lowest BCUT2D eigenvalue weighted by Crippen LogP contribution is -2.71. The van der Waals surface area contributed by atoms with E-state index in [-0.39, 0.29) is 36.8 Å². The zero-order valence-corrected chi connectivity index (χ0v) is 35.9. The Morgan fingerprint density at radius 1 is 1.00 bits per heavy atom. The van der Waals surface area contributed by atoms with Gasteiger partial charge in [-0.05, 0) is 77.4 Å². The van der Waals surface area contributed by atoms with E-state index in [1.807, 2.05) is 95.3 Å². The number of carboxylic acids is 1. The fraction of sp³-hybridized carbons (Fsp3) is 0.520. The number of ketones is 2. The molecule has 13 atom stereocenters. The molecule has 0 saturated heterocycles. The minimum atomic E-state index is -2.31. The summed E-state index contributed by atoms with van der Waals surface area (Å²) in [5.74, 6) is -6.20. The normalized spacial score (nSPS) is 46.1. The summed E-state index contributed by atoms with van der Waals surface area (Å²) in [6.45, 7) is 13.3. The van der Waals surface area contributed by atoms with E-state index in [0.29, 0.717) is 40.7 Å². The Balaban J connectivity index is 1.35. The van der Waals surface area contributed by atoms with Crippen LogP contribution in [0.2, 0.25) is 0 Å². The van der Waals surface area contributed by atoms with Gasteiger partial charge in [0.1, 0.15) is 22.7 Å². The number of aliphatic carboxylic acids is 1. The third-order valence-electron chi connectivity index (χ3n) is 18.7. The van der Waals surface area contributed by atoms with E-state index in [9.17, 15) is 35.1 Å². The lowest BCUT2D eigenvalue weighted by atomic mass is 9.34. The van der Waals surface area contributed by atoms with Crippen LogP contribution in [0.15, 0.2) is 110 Å². The molecule has 3 fully saturated rings. The summed E-state index contributed by atoms with van der Waals surface area (Å²) in [4.78, 5) is 47.1. The predicted octanol–water partition coefficient (Wildman–Crippen LogP) is 5.80. The molecule has 0 radical (unpaired) electrons. The highest BCUT2D eigenvalue weighted by atomic mass is 16.4. The topological polar surface area (TPSA) is 217 Å². The summed E-state index contributed by atoms with van der Waals surface area (Å²) < 4.78 is 0. The maximum absolute atomic E-state index is 15.8. The maximum atomic E-state index is 15.8. The molecule has 1 spiro atoms. The second-order valence-electron chi connectivity index (χ2n) is 21.0. The zero-order chi connectivity index (χ0) is 44.0. The molecule has 320 valence electrons. The molecule has 0 amide bonds. The van der Waals surface area contributed by atoms with Crippen LogP contribution in [0.1, 0.15) is 86.1 Å². The van der Waals surface area contributed by atoms with Crippen LogP contribution >= 0.6 is 0 Å². The number of aliphatic hydroxyl groups excluding tert-OH is 1. The van der Waals surface area contributed by atoms with E-state index in [4.69, 9.17) is 11.5 Å². The van der Waals surface area contributed by atoms with Crippen molar-refractivity contribution in [2.45, 2.75) is 103 Å². The summed E-state index contributed by atoms with van der Waals surface area (Å²) in [6, 6.07) is 8.88. The zero-order valence-electron chi connectivity index (χ0n) is 35.9. The van der Waals surface area contributed by atoms with Crippen molar-refractivity contribution in [3.8, 4) is 0 Å². The number of aliphatic imine (C=N–C) groups is 1. The number of rotatable bonds is 5. The monoisotopic (exact) mass is 827 g/mol. The number of aliphatic hydroxyl groups is 4. The van der Waals surface area contributed by atoms with E-state index in [0.717, 1.165) is 11.1 Å². The largest absolute Gasteiger partial charge is 0.508 e. The SMILES string of the molecule is C/C(C(=O)O)=C(/O)[C@]1(O)C2=CCC3=C2[C@@H]2[C@@]4(C=C[C@H](N=C(N)N)[C@@H]1[C@H]4C)[C@@]1(C)CC(=O)C4=C5[C@]1(C)[C@]2(O)C(=C[C@@]5(O)[C@@H](/C=C/c1ccccc1)[C@@H]1C(C)(C)C(=O)CC[C@]41C)C3.